The highest BCUT2D eigenvalue weighted by molar-refractivity contribution is 6.00. The minimum Gasteiger partial charge on any atom is -0.505 e. The molecule has 0 spiro atoms. The molecule has 0 atom stereocenters. The number of carbonyl (C=O) groups is 1. The number of aromatic nitrogens is 1. The van der Waals surface area contributed by atoms with Gasteiger partial charge in [-0.05, 0) is 42.5 Å². The van der Waals surface area contributed by atoms with Crippen LogP contribution in [0.15, 0.2) is 48.7 Å². The molecule has 0 unspecified atom stereocenters. The van der Waals surface area contributed by atoms with E-state index in [0.717, 1.165) is 5.75 Å². The zero-order valence-corrected chi connectivity index (χ0v) is 12.2. The van der Waals surface area contributed by atoms with Crippen LogP contribution in [-0.4, -0.2) is 23.1 Å². The first kappa shape index (κ1) is 14.6. The van der Waals surface area contributed by atoms with Crippen molar-refractivity contribution in [3.8, 4) is 23.0 Å². The number of methoxy groups -OCH3 is 1. The van der Waals surface area contributed by atoms with Crippen molar-refractivity contribution < 1.29 is 19.4 Å². The molecule has 0 saturated carbocycles. The Labute approximate surface area is 132 Å². The van der Waals surface area contributed by atoms with Crippen LogP contribution in [0.4, 0.5) is 0 Å². The molecule has 3 rings (SSSR count). The van der Waals surface area contributed by atoms with Gasteiger partial charge in [0.25, 0.3) is 5.91 Å². The number of hydrogen-bond acceptors (Lipinski definition) is 5. The van der Waals surface area contributed by atoms with E-state index >= 15 is 0 Å². The van der Waals surface area contributed by atoms with Crippen molar-refractivity contribution in [2.75, 3.05) is 7.11 Å². The molecule has 2 aromatic carbocycles. The fourth-order valence-electron chi connectivity index (χ4n) is 2.20. The average Bonchev–Trinajstić information content (AvgIpc) is 2.55. The second-order valence-electron chi connectivity index (χ2n) is 4.81. The van der Waals surface area contributed by atoms with Gasteiger partial charge in [-0.1, -0.05) is 0 Å². The van der Waals surface area contributed by atoms with Gasteiger partial charge in [-0.2, -0.15) is 0 Å². The van der Waals surface area contributed by atoms with Crippen LogP contribution in [0, 0.1) is 0 Å². The van der Waals surface area contributed by atoms with Crippen molar-refractivity contribution in [2.24, 2.45) is 0 Å². The number of fused-ring (bicyclic) bond motifs is 1. The number of rotatable bonds is 4. The zero-order chi connectivity index (χ0) is 16.4. The summed E-state index contributed by atoms with van der Waals surface area (Å²) in [5.41, 5.74) is 6.80. The van der Waals surface area contributed by atoms with Gasteiger partial charge in [0.1, 0.15) is 17.2 Å². The van der Waals surface area contributed by atoms with Crippen LogP contribution in [0.3, 0.4) is 0 Å². The lowest BCUT2D eigenvalue weighted by Crippen LogP contribution is -2.02. The van der Waals surface area contributed by atoms with Gasteiger partial charge in [-0.25, -0.2) is 4.98 Å². The smallest absolute Gasteiger partial charge is 0.292 e. The Bertz CT molecular complexity index is 876. The molecule has 0 aliphatic rings. The van der Waals surface area contributed by atoms with Gasteiger partial charge in [0, 0.05) is 17.0 Å². The van der Waals surface area contributed by atoms with Crippen LogP contribution >= 0.6 is 0 Å². The van der Waals surface area contributed by atoms with Gasteiger partial charge in [0.2, 0.25) is 0 Å². The molecule has 1 amide bonds. The van der Waals surface area contributed by atoms with Crippen molar-refractivity contribution in [3.63, 3.8) is 0 Å². The van der Waals surface area contributed by atoms with E-state index < -0.39 is 5.91 Å². The minimum atomic E-state index is -1.03. The average molecular weight is 309 g/mol. The monoisotopic (exact) mass is 309 g/mol. The highest BCUT2D eigenvalue weighted by atomic mass is 16.5. The summed E-state index contributed by atoms with van der Waals surface area (Å²) < 4.78 is 10.8. The second kappa shape index (κ2) is 5.84. The summed E-state index contributed by atoms with van der Waals surface area (Å²) in [4.78, 5) is 14.9. The third kappa shape index (κ3) is 2.87. The number of carbonyl (C=O) groups excluding carboxylic acids is 1. The third-order valence-electron chi connectivity index (χ3n) is 3.35. The lowest BCUT2D eigenvalue weighted by molar-refractivity contribution is 0.0985. The lowest BCUT2D eigenvalue weighted by Gasteiger charge is -2.09. The van der Waals surface area contributed by atoms with E-state index in [2.05, 4.69) is 4.98 Å². The molecule has 115 valence electrons. The van der Waals surface area contributed by atoms with Gasteiger partial charge in [0.15, 0.2) is 11.4 Å². The normalized spacial score (nSPS) is 10.5. The van der Waals surface area contributed by atoms with Crippen LogP contribution in [0.25, 0.3) is 10.8 Å². The predicted molar refractivity (Wildman–Crippen MR) is 83.9 cm³/mol. The Morgan fingerprint density at radius 2 is 1.74 bits per heavy atom. The minimum absolute atomic E-state index is 0.263. The summed E-state index contributed by atoms with van der Waals surface area (Å²) >= 11 is 0. The summed E-state index contributed by atoms with van der Waals surface area (Å²) in [6.45, 7) is 0. The Morgan fingerprint density at radius 3 is 2.39 bits per heavy atom. The fourth-order valence-corrected chi connectivity index (χ4v) is 2.20. The number of amides is 1. The molecule has 6 nitrogen and oxygen atoms in total. The number of pyridine rings is 1. The first-order valence-electron chi connectivity index (χ1n) is 6.78. The van der Waals surface area contributed by atoms with Crippen molar-refractivity contribution in [3.05, 3.63) is 54.4 Å². The Kier molecular flexibility index (Phi) is 3.72. The van der Waals surface area contributed by atoms with Crippen molar-refractivity contribution in [1.82, 2.24) is 10.7 Å². The SMILES string of the molecule is COc1ccc(Oc2ccc3c(O)c(C([NH])=O)ncc3c2)cc1. The lowest BCUT2D eigenvalue weighted by atomic mass is 10.1. The van der Waals surface area contributed by atoms with E-state index in [9.17, 15) is 9.90 Å². The molecule has 0 bridgehead atoms. The molecule has 0 fully saturated rings. The summed E-state index contributed by atoms with van der Waals surface area (Å²) in [7, 11) is 1.59. The van der Waals surface area contributed by atoms with E-state index in [1.807, 2.05) is 0 Å². The molecule has 1 radical (unpaired) electrons. The van der Waals surface area contributed by atoms with Crippen LogP contribution in [0.2, 0.25) is 0 Å². The molecule has 6 heteroatoms. The van der Waals surface area contributed by atoms with Crippen molar-refractivity contribution >= 4 is 16.7 Å². The Hall–Kier alpha value is -3.28. The number of nitrogens with zero attached hydrogens (tertiary/aromatic N) is 1. The Morgan fingerprint density at radius 1 is 1.09 bits per heavy atom. The molecular formula is C17H13N2O4. The van der Waals surface area contributed by atoms with Gasteiger partial charge < -0.3 is 14.6 Å². The highest BCUT2D eigenvalue weighted by Gasteiger charge is 2.13. The fraction of sp³-hybridized carbons (Fsp3) is 0.0588. The van der Waals surface area contributed by atoms with Gasteiger partial charge in [-0.3, -0.25) is 10.5 Å². The molecule has 1 heterocycles. The Balaban J connectivity index is 1.93. The van der Waals surface area contributed by atoms with E-state index in [4.69, 9.17) is 15.2 Å². The molecule has 2 N–H and O–H groups in total. The molecule has 0 saturated heterocycles. The third-order valence-corrected chi connectivity index (χ3v) is 3.35. The van der Waals surface area contributed by atoms with E-state index in [1.54, 1.807) is 49.6 Å². The maximum Gasteiger partial charge on any atom is 0.292 e. The van der Waals surface area contributed by atoms with E-state index in [0.29, 0.717) is 22.3 Å². The summed E-state index contributed by atoms with van der Waals surface area (Å²) in [5, 5.41) is 11.1. The van der Waals surface area contributed by atoms with Gasteiger partial charge >= 0.3 is 0 Å². The first-order chi connectivity index (χ1) is 11.1. The number of aromatic hydroxyl groups is 1. The van der Waals surface area contributed by atoms with Crippen LogP contribution in [0.1, 0.15) is 10.5 Å². The topological polar surface area (TPSA) is 92.5 Å². The number of ether oxygens (including phenoxy) is 2. The quantitative estimate of drug-likeness (QED) is 0.799. The summed E-state index contributed by atoms with van der Waals surface area (Å²) in [6.07, 6.45) is 1.43. The predicted octanol–water partition coefficient (Wildman–Crippen LogP) is 3.16. The van der Waals surface area contributed by atoms with Crippen molar-refractivity contribution in [1.29, 1.82) is 0 Å². The van der Waals surface area contributed by atoms with Crippen LogP contribution in [0.5, 0.6) is 23.0 Å². The van der Waals surface area contributed by atoms with Gasteiger partial charge in [0.05, 0.1) is 7.11 Å². The molecular weight excluding hydrogens is 296 g/mol. The van der Waals surface area contributed by atoms with E-state index in [1.165, 1.54) is 6.20 Å². The molecule has 0 aliphatic heterocycles. The molecule has 0 aliphatic carbocycles. The maximum atomic E-state index is 11.1. The largest absolute Gasteiger partial charge is 0.505 e. The first-order valence-corrected chi connectivity index (χ1v) is 6.78. The van der Waals surface area contributed by atoms with Crippen LogP contribution < -0.4 is 15.2 Å². The standard InChI is InChI=1S/C17H13N2O4/c1-22-11-2-4-12(5-3-11)23-13-6-7-14-10(8-13)9-19-15(16(14)20)17(18)21/h2-9,18,20H,1H3. The summed E-state index contributed by atoms with van der Waals surface area (Å²) in [6, 6.07) is 12.1. The summed E-state index contributed by atoms with van der Waals surface area (Å²) in [5.74, 6) is 0.619. The highest BCUT2D eigenvalue weighted by Crippen LogP contribution is 2.31. The van der Waals surface area contributed by atoms with Gasteiger partial charge in [-0.15, -0.1) is 0 Å². The van der Waals surface area contributed by atoms with E-state index in [-0.39, 0.29) is 11.4 Å². The number of nitrogens with one attached hydrogen (secondary N) is 1. The number of benzene rings is 2. The zero-order valence-electron chi connectivity index (χ0n) is 12.2. The maximum absolute atomic E-state index is 11.1. The molecule has 23 heavy (non-hydrogen) atoms. The second-order valence-corrected chi connectivity index (χ2v) is 4.81. The van der Waals surface area contributed by atoms with Crippen molar-refractivity contribution in [2.45, 2.75) is 0 Å². The van der Waals surface area contributed by atoms with Crippen LogP contribution in [-0.2, 0) is 0 Å². The number of hydrogen-bond donors (Lipinski definition) is 1. The molecule has 3 aromatic rings. The molecule has 1 aromatic heterocycles.